The first kappa shape index (κ1) is 9.10. The molecule has 2 unspecified atom stereocenters. The summed E-state index contributed by atoms with van der Waals surface area (Å²) in [6.07, 6.45) is 0. The second-order valence-corrected chi connectivity index (χ2v) is 5.29. The van der Waals surface area contributed by atoms with Crippen molar-refractivity contribution in [3.8, 4) is 5.75 Å². The van der Waals surface area contributed by atoms with E-state index >= 15 is 0 Å². The minimum absolute atomic E-state index is 0.357. The first-order valence-corrected chi connectivity index (χ1v) is 6.09. The van der Waals surface area contributed by atoms with Gasteiger partial charge in [-0.25, -0.2) is 0 Å². The van der Waals surface area contributed by atoms with Crippen LogP contribution in [0.25, 0.3) is 10.8 Å². The topological polar surface area (TPSA) is 9.23 Å². The fraction of sp³-hybridized carbons (Fsp3) is 0.231. The van der Waals surface area contributed by atoms with Crippen molar-refractivity contribution in [2.45, 2.75) is 17.6 Å². The molecule has 2 atom stereocenters. The smallest absolute Gasteiger partial charge is 0.156 e. The maximum atomic E-state index is 5.91. The van der Waals surface area contributed by atoms with E-state index in [1.165, 1.54) is 10.8 Å². The summed E-state index contributed by atoms with van der Waals surface area (Å²) in [6, 6.07) is 14.6. The lowest BCUT2D eigenvalue weighted by Gasteiger charge is -2.07. The van der Waals surface area contributed by atoms with Gasteiger partial charge in [0.2, 0.25) is 0 Å². The second-order valence-electron chi connectivity index (χ2n) is 3.80. The van der Waals surface area contributed by atoms with Gasteiger partial charge in [-0.05, 0) is 18.4 Å². The maximum Gasteiger partial charge on any atom is 0.156 e. The molecule has 1 saturated heterocycles. The molecular formula is C13H12OS. The number of hydrogen-bond acceptors (Lipinski definition) is 2. The molecule has 1 aliphatic heterocycles. The van der Waals surface area contributed by atoms with E-state index < -0.39 is 0 Å². The van der Waals surface area contributed by atoms with E-state index in [4.69, 9.17) is 4.74 Å². The summed E-state index contributed by atoms with van der Waals surface area (Å²) in [5.74, 6) is 1.01. The molecule has 76 valence electrons. The van der Waals surface area contributed by atoms with Crippen LogP contribution in [-0.4, -0.2) is 10.7 Å². The van der Waals surface area contributed by atoms with Gasteiger partial charge in [0.15, 0.2) is 5.44 Å². The largest absolute Gasteiger partial charge is 0.478 e. The molecule has 0 aliphatic carbocycles. The summed E-state index contributed by atoms with van der Waals surface area (Å²) in [7, 11) is 0. The molecule has 0 spiro atoms. The molecule has 1 aliphatic rings. The van der Waals surface area contributed by atoms with Crippen molar-refractivity contribution in [3.05, 3.63) is 42.5 Å². The fourth-order valence-corrected chi connectivity index (χ4v) is 2.26. The monoisotopic (exact) mass is 216 g/mol. The van der Waals surface area contributed by atoms with Crippen LogP contribution in [0.4, 0.5) is 0 Å². The molecule has 0 radical (unpaired) electrons. The van der Waals surface area contributed by atoms with Crippen molar-refractivity contribution >= 4 is 22.5 Å². The number of rotatable bonds is 2. The average Bonchev–Trinajstić information content (AvgIpc) is 2.95. The highest BCUT2D eigenvalue weighted by atomic mass is 32.2. The highest BCUT2D eigenvalue weighted by Gasteiger charge is 2.36. The van der Waals surface area contributed by atoms with Crippen LogP contribution < -0.4 is 4.74 Å². The molecule has 2 aromatic rings. The minimum Gasteiger partial charge on any atom is -0.478 e. The van der Waals surface area contributed by atoms with Crippen molar-refractivity contribution in [2.75, 3.05) is 0 Å². The summed E-state index contributed by atoms with van der Waals surface area (Å²) >= 11 is 1.87. The van der Waals surface area contributed by atoms with Gasteiger partial charge in [-0.1, -0.05) is 36.4 Å². The van der Waals surface area contributed by atoms with Gasteiger partial charge in [-0.2, -0.15) is 0 Å². The first-order chi connectivity index (χ1) is 7.34. The Kier molecular flexibility index (Phi) is 2.10. The number of fused-ring (bicyclic) bond motifs is 1. The van der Waals surface area contributed by atoms with Gasteiger partial charge in [0.1, 0.15) is 5.75 Å². The van der Waals surface area contributed by atoms with Crippen LogP contribution in [0.3, 0.4) is 0 Å². The number of hydrogen-bond donors (Lipinski definition) is 0. The lowest BCUT2D eigenvalue weighted by molar-refractivity contribution is 0.323. The van der Waals surface area contributed by atoms with Crippen molar-refractivity contribution in [1.29, 1.82) is 0 Å². The maximum absolute atomic E-state index is 5.91. The van der Waals surface area contributed by atoms with Crippen LogP contribution in [0.15, 0.2) is 42.5 Å². The Morgan fingerprint density at radius 3 is 2.60 bits per heavy atom. The molecule has 0 saturated carbocycles. The van der Waals surface area contributed by atoms with Crippen molar-refractivity contribution in [3.63, 3.8) is 0 Å². The molecule has 0 bridgehead atoms. The normalized spacial score (nSPS) is 24.1. The Morgan fingerprint density at radius 1 is 1.07 bits per heavy atom. The lowest BCUT2D eigenvalue weighted by atomic mass is 10.1. The van der Waals surface area contributed by atoms with E-state index in [-0.39, 0.29) is 0 Å². The number of ether oxygens (including phenoxy) is 1. The van der Waals surface area contributed by atoms with Crippen LogP contribution in [0.1, 0.15) is 6.92 Å². The zero-order chi connectivity index (χ0) is 10.3. The standard InChI is InChI=1S/C13H12OS/c1-9-13(15-9)14-12-8-4-6-10-5-2-3-7-11(10)12/h2-9,13H,1H3. The molecule has 2 heteroatoms. The number of benzene rings is 2. The first-order valence-electron chi connectivity index (χ1n) is 5.14. The van der Waals surface area contributed by atoms with Crippen molar-refractivity contribution < 1.29 is 4.74 Å². The molecular weight excluding hydrogens is 204 g/mol. The third-order valence-electron chi connectivity index (χ3n) is 2.65. The summed E-state index contributed by atoms with van der Waals surface area (Å²) in [4.78, 5) is 0. The summed E-state index contributed by atoms with van der Waals surface area (Å²) in [5.41, 5.74) is 0.357. The van der Waals surface area contributed by atoms with E-state index in [2.05, 4.69) is 43.3 Å². The molecule has 0 aromatic heterocycles. The van der Waals surface area contributed by atoms with Gasteiger partial charge < -0.3 is 4.74 Å². The Morgan fingerprint density at radius 2 is 1.80 bits per heavy atom. The van der Waals surface area contributed by atoms with E-state index in [9.17, 15) is 0 Å². The van der Waals surface area contributed by atoms with Gasteiger partial charge >= 0.3 is 0 Å². The minimum atomic E-state index is 0.357. The summed E-state index contributed by atoms with van der Waals surface area (Å²) in [5, 5.41) is 3.09. The van der Waals surface area contributed by atoms with Gasteiger partial charge in [0.05, 0.1) is 5.25 Å². The van der Waals surface area contributed by atoms with E-state index in [1.807, 2.05) is 17.8 Å². The molecule has 1 fully saturated rings. The molecule has 0 N–H and O–H groups in total. The van der Waals surface area contributed by atoms with Crippen LogP contribution >= 0.6 is 11.8 Å². The third-order valence-corrected chi connectivity index (χ3v) is 3.78. The molecule has 15 heavy (non-hydrogen) atoms. The van der Waals surface area contributed by atoms with E-state index in [0.717, 1.165) is 5.75 Å². The van der Waals surface area contributed by atoms with Crippen LogP contribution in [-0.2, 0) is 0 Å². The second kappa shape index (κ2) is 3.46. The Balaban J connectivity index is 2.02. The Hall–Kier alpha value is -1.15. The highest BCUT2D eigenvalue weighted by Crippen LogP contribution is 2.43. The van der Waals surface area contributed by atoms with Gasteiger partial charge in [0.25, 0.3) is 0 Å². The van der Waals surface area contributed by atoms with Gasteiger partial charge in [0, 0.05) is 5.39 Å². The van der Waals surface area contributed by atoms with E-state index in [1.54, 1.807) is 0 Å². The number of thioether (sulfide) groups is 1. The predicted molar refractivity (Wildman–Crippen MR) is 65.4 cm³/mol. The zero-order valence-corrected chi connectivity index (χ0v) is 9.33. The van der Waals surface area contributed by atoms with Gasteiger partial charge in [-0.15, -0.1) is 11.8 Å². The fourth-order valence-electron chi connectivity index (χ4n) is 1.71. The quantitative estimate of drug-likeness (QED) is 0.708. The Bertz CT molecular complexity index is 489. The van der Waals surface area contributed by atoms with E-state index in [0.29, 0.717) is 10.7 Å². The van der Waals surface area contributed by atoms with Gasteiger partial charge in [-0.3, -0.25) is 0 Å². The molecule has 0 amide bonds. The third kappa shape index (κ3) is 1.70. The summed E-state index contributed by atoms with van der Waals surface area (Å²) in [6.45, 7) is 2.19. The van der Waals surface area contributed by atoms with Crippen LogP contribution in [0, 0.1) is 0 Å². The lowest BCUT2D eigenvalue weighted by Crippen LogP contribution is -2.00. The Labute approximate surface area is 93.4 Å². The highest BCUT2D eigenvalue weighted by molar-refractivity contribution is 8.07. The van der Waals surface area contributed by atoms with Crippen molar-refractivity contribution in [2.24, 2.45) is 0 Å². The summed E-state index contributed by atoms with van der Waals surface area (Å²) < 4.78 is 5.91. The molecule has 2 aromatic carbocycles. The zero-order valence-electron chi connectivity index (χ0n) is 8.51. The van der Waals surface area contributed by atoms with Crippen LogP contribution in [0.2, 0.25) is 0 Å². The average molecular weight is 216 g/mol. The molecule has 1 heterocycles. The van der Waals surface area contributed by atoms with Crippen molar-refractivity contribution in [1.82, 2.24) is 0 Å². The SMILES string of the molecule is CC1SC1Oc1cccc2ccccc12. The predicted octanol–water partition coefficient (Wildman–Crippen LogP) is 3.68. The molecule has 3 rings (SSSR count). The molecule has 1 nitrogen and oxygen atoms in total. The van der Waals surface area contributed by atoms with Crippen LogP contribution in [0.5, 0.6) is 5.75 Å².